The molecule has 0 fully saturated rings. The number of alkyl carbamates (subject to hydrolysis) is 1. The first-order chi connectivity index (χ1) is 17.1. The van der Waals surface area contributed by atoms with Gasteiger partial charge in [0.1, 0.15) is 12.6 Å². The van der Waals surface area contributed by atoms with Gasteiger partial charge in [-0.25, -0.2) is 9.59 Å². The lowest BCUT2D eigenvalue weighted by molar-refractivity contribution is -0.140. The van der Waals surface area contributed by atoms with Crippen LogP contribution in [-0.2, 0) is 23.1 Å². The van der Waals surface area contributed by atoms with Gasteiger partial charge < -0.3 is 24.2 Å². The molecule has 0 aromatic heterocycles. The summed E-state index contributed by atoms with van der Waals surface area (Å²) < 4.78 is 30.7. The van der Waals surface area contributed by atoms with Crippen LogP contribution in [0.2, 0.25) is 0 Å². The number of amides is 1. The van der Waals surface area contributed by atoms with Gasteiger partial charge in [0.15, 0.2) is 0 Å². The Kier molecular flexibility index (Phi) is 8.57. The monoisotopic (exact) mass is 531 g/mol. The van der Waals surface area contributed by atoms with E-state index in [-0.39, 0.29) is 18.7 Å². The van der Waals surface area contributed by atoms with Crippen LogP contribution < -0.4 is 5.32 Å². The number of ether oxygens (including phenoxy) is 1. The molecule has 0 heterocycles. The maximum atomic E-state index is 13.6. The molecular weight excluding hydrogens is 493 g/mol. The third kappa shape index (κ3) is 7.67. The van der Waals surface area contributed by atoms with Crippen molar-refractivity contribution in [2.45, 2.75) is 71.6 Å². The number of aliphatic carboxylic acids is 1. The van der Waals surface area contributed by atoms with E-state index in [9.17, 15) is 19.3 Å². The molecule has 0 spiro atoms. The zero-order valence-electron chi connectivity index (χ0n) is 22.6. The lowest BCUT2D eigenvalue weighted by atomic mass is 9.98. The summed E-state index contributed by atoms with van der Waals surface area (Å²) in [6, 6.07) is 14.6. The van der Waals surface area contributed by atoms with Gasteiger partial charge in [0.25, 0.3) is 0 Å². The van der Waals surface area contributed by atoms with Gasteiger partial charge in [-0.2, -0.15) is 0 Å². The Bertz CT molecular complexity index is 1120. The molecule has 0 radical (unpaired) electrons. The minimum absolute atomic E-state index is 0.0549. The summed E-state index contributed by atoms with van der Waals surface area (Å²) >= 11 is 0. The minimum Gasteiger partial charge on any atom is -0.480 e. The molecule has 0 saturated carbocycles. The van der Waals surface area contributed by atoms with Crippen LogP contribution in [0.25, 0.3) is 11.1 Å². The molecule has 3 rings (SSSR count). The summed E-state index contributed by atoms with van der Waals surface area (Å²) in [4.78, 5) is 24.8. The fourth-order valence-electron chi connectivity index (χ4n) is 4.60. The summed E-state index contributed by atoms with van der Waals surface area (Å²) in [5, 5.41) is 12.3. The largest absolute Gasteiger partial charge is 0.480 e. The highest BCUT2D eigenvalue weighted by Gasteiger charge is 2.40. The van der Waals surface area contributed by atoms with Gasteiger partial charge in [0, 0.05) is 5.92 Å². The molecule has 9 heteroatoms. The number of carboxylic acids is 1. The number of fused-ring (bicyclic) bond motifs is 3. The molecule has 8 nitrogen and oxygen atoms in total. The van der Waals surface area contributed by atoms with Gasteiger partial charge in [-0.05, 0) is 69.7 Å². The van der Waals surface area contributed by atoms with Crippen LogP contribution in [0.1, 0.15) is 65.5 Å². The van der Waals surface area contributed by atoms with Crippen LogP contribution in [0.3, 0.4) is 0 Å². The molecule has 0 unspecified atom stereocenters. The van der Waals surface area contributed by atoms with Crippen LogP contribution >= 0.6 is 7.60 Å². The quantitative estimate of drug-likeness (QED) is 0.358. The molecular formula is C28H38NO7P. The van der Waals surface area contributed by atoms with Crippen molar-refractivity contribution in [2.24, 2.45) is 5.92 Å². The summed E-state index contributed by atoms with van der Waals surface area (Å²) in [7, 11) is -3.72. The van der Waals surface area contributed by atoms with Gasteiger partial charge in [0.05, 0.1) is 17.4 Å². The number of nitrogens with one attached hydrogen (secondary N) is 1. The van der Waals surface area contributed by atoms with Gasteiger partial charge in [-0.3, -0.25) is 4.57 Å². The van der Waals surface area contributed by atoms with E-state index in [1.54, 1.807) is 48.5 Å². The second-order valence-corrected chi connectivity index (χ2v) is 13.4. The van der Waals surface area contributed by atoms with Crippen molar-refractivity contribution in [3.05, 3.63) is 59.7 Å². The van der Waals surface area contributed by atoms with Crippen molar-refractivity contribution < 1.29 is 33.0 Å². The van der Waals surface area contributed by atoms with Gasteiger partial charge in [0.2, 0.25) is 0 Å². The highest BCUT2D eigenvalue weighted by atomic mass is 31.2. The number of carbonyl (C=O) groups excluding carboxylic acids is 1. The van der Waals surface area contributed by atoms with Crippen molar-refractivity contribution in [2.75, 3.05) is 12.8 Å². The van der Waals surface area contributed by atoms with Gasteiger partial charge in [-0.1, -0.05) is 55.5 Å². The first-order valence-corrected chi connectivity index (χ1v) is 14.2. The minimum atomic E-state index is -3.72. The summed E-state index contributed by atoms with van der Waals surface area (Å²) in [6.07, 6.45) is -1.05. The second kappa shape index (κ2) is 11.0. The van der Waals surface area contributed by atoms with Crippen LogP contribution in [0.5, 0.6) is 0 Å². The van der Waals surface area contributed by atoms with Crippen LogP contribution in [0.4, 0.5) is 4.79 Å². The molecule has 2 aromatic carbocycles. The predicted molar refractivity (Wildman–Crippen MR) is 143 cm³/mol. The molecule has 0 saturated heterocycles. The molecule has 0 bridgehead atoms. The Morgan fingerprint density at radius 3 is 1.81 bits per heavy atom. The highest BCUT2D eigenvalue weighted by Crippen LogP contribution is 2.55. The average Bonchev–Trinajstić information content (AvgIpc) is 3.06. The van der Waals surface area contributed by atoms with E-state index in [1.165, 1.54) is 0 Å². The number of carbonyl (C=O) groups is 2. The molecule has 37 heavy (non-hydrogen) atoms. The number of rotatable bonds is 9. The topological polar surface area (TPSA) is 111 Å². The third-order valence-electron chi connectivity index (χ3n) is 5.79. The summed E-state index contributed by atoms with van der Waals surface area (Å²) in [5.41, 5.74) is 2.74. The smallest absolute Gasteiger partial charge is 0.407 e. The van der Waals surface area contributed by atoms with E-state index >= 15 is 0 Å². The fourth-order valence-corrected chi connectivity index (χ4v) is 7.37. The molecule has 2 aromatic rings. The fraction of sp³-hybridized carbons (Fsp3) is 0.500. The molecule has 2 N–H and O–H groups in total. The summed E-state index contributed by atoms with van der Waals surface area (Å²) in [5.74, 6) is -2.19. The molecule has 1 aliphatic carbocycles. The molecule has 0 aliphatic heterocycles. The standard InChI is InChI=1S/C28H38NO7P/c1-18(17-37(33,35-27(2,3)4)36-28(5,6)7)24(25(30)31)29-26(32)34-16-23-21-14-10-8-12-19(21)20-13-9-11-15-22(20)23/h8-15,18,23-24H,16-17H2,1-7H3,(H,29,32)(H,30,31)/t18-,24-/m0/s1. The predicted octanol–water partition coefficient (Wildman–Crippen LogP) is 6.44. The first kappa shape index (κ1) is 28.9. The van der Waals surface area contributed by atoms with E-state index < -0.39 is 42.8 Å². The Morgan fingerprint density at radius 1 is 0.919 bits per heavy atom. The zero-order valence-corrected chi connectivity index (χ0v) is 23.5. The highest BCUT2D eigenvalue weighted by molar-refractivity contribution is 7.53. The molecule has 1 aliphatic rings. The normalized spacial score (nSPS) is 15.4. The SMILES string of the molecule is C[C@@H](CP(=O)(OC(C)(C)C)OC(C)(C)C)[C@H](NC(=O)OCC1c2ccccc2-c2ccccc21)C(=O)O. The van der Waals surface area contributed by atoms with E-state index in [2.05, 4.69) is 5.32 Å². The van der Waals surface area contributed by atoms with E-state index in [1.807, 2.05) is 48.5 Å². The van der Waals surface area contributed by atoms with Crippen molar-refractivity contribution in [1.29, 1.82) is 0 Å². The molecule has 1 amide bonds. The maximum Gasteiger partial charge on any atom is 0.407 e. The molecule has 202 valence electrons. The van der Waals surface area contributed by atoms with E-state index in [0.717, 1.165) is 22.3 Å². The average molecular weight is 532 g/mol. The van der Waals surface area contributed by atoms with Crippen LogP contribution in [0, 0.1) is 5.92 Å². The lowest BCUT2D eigenvalue weighted by Gasteiger charge is -2.34. The molecule has 2 atom stereocenters. The van der Waals surface area contributed by atoms with Gasteiger partial charge >= 0.3 is 19.7 Å². The first-order valence-electron chi connectivity index (χ1n) is 12.4. The maximum absolute atomic E-state index is 13.6. The number of carboxylic acid groups (broad SMARTS) is 1. The number of hydrogen-bond donors (Lipinski definition) is 2. The van der Waals surface area contributed by atoms with Crippen molar-refractivity contribution in [1.82, 2.24) is 5.32 Å². The van der Waals surface area contributed by atoms with Crippen molar-refractivity contribution in [3.63, 3.8) is 0 Å². The Morgan fingerprint density at radius 2 is 1.38 bits per heavy atom. The second-order valence-electron chi connectivity index (χ2n) is 11.5. The van der Waals surface area contributed by atoms with E-state index in [4.69, 9.17) is 13.8 Å². The number of benzene rings is 2. The Labute approximate surface area is 219 Å². The van der Waals surface area contributed by atoms with Crippen molar-refractivity contribution >= 4 is 19.7 Å². The van der Waals surface area contributed by atoms with Crippen LogP contribution in [0.15, 0.2) is 48.5 Å². The van der Waals surface area contributed by atoms with Gasteiger partial charge in [-0.15, -0.1) is 0 Å². The summed E-state index contributed by atoms with van der Waals surface area (Å²) in [6.45, 7) is 12.1. The zero-order chi connectivity index (χ0) is 27.6. The lowest BCUT2D eigenvalue weighted by Crippen LogP contribution is -2.47. The third-order valence-corrected chi connectivity index (χ3v) is 8.46. The number of hydrogen-bond acceptors (Lipinski definition) is 6. The van der Waals surface area contributed by atoms with Crippen LogP contribution in [-0.4, -0.2) is 47.2 Å². The van der Waals surface area contributed by atoms with E-state index in [0.29, 0.717) is 0 Å². The Balaban J connectivity index is 1.70. The van der Waals surface area contributed by atoms with Crippen molar-refractivity contribution in [3.8, 4) is 11.1 Å². The Hall–Kier alpha value is -2.67.